The molecule has 2 aromatic carbocycles. The van der Waals surface area contributed by atoms with E-state index in [4.69, 9.17) is 10.5 Å². The monoisotopic (exact) mass is 298 g/mol. The highest BCUT2D eigenvalue weighted by molar-refractivity contribution is 5.73. The van der Waals surface area contributed by atoms with Crippen LogP contribution >= 0.6 is 0 Å². The van der Waals surface area contributed by atoms with Crippen molar-refractivity contribution in [2.45, 2.75) is 13.8 Å². The van der Waals surface area contributed by atoms with Crippen LogP contribution in [0.1, 0.15) is 11.1 Å². The van der Waals surface area contributed by atoms with Crippen LogP contribution in [0.4, 0.5) is 11.4 Å². The SMILES string of the molecule is Cc1ccc(N(C(C#N)=C(C#N)C#N)c2ccc(C)cc2)cc1. The van der Waals surface area contributed by atoms with Crippen LogP contribution in [0.15, 0.2) is 59.8 Å². The molecule has 0 aliphatic carbocycles. The molecule has 0 heterocycles. The molecule has 0 aliphatic rings. The Labute approximate surface area is 135 Å². The van der Waals surface area contributed by atoms with E-state index in [-0.39, 0.29) is 11.3 Å². The van der Waals surface area contributed by atoms with Gasteiger partial charge in [-0.25, -0.2) is 0 Å². The summed E-state index contributed by atoms with van der Waals surface area (Å²) in [5.74, 6) is 0. The lowest BCUT2D eigenvalue weighted by atomic mass is 10.1. The summed E-state index contributed by atoms with van der Waals surface area (Å²) < 4.78 is 0. The Morgan fingerprint density at radius 1 is 0.696 bits per heavy atom. The maximum Gasteiger partial charge on any atom is 0.164 e. The van der Waals surface area contributed by atoms with Crippen LogP contribution in [0.5, 0.6) is 0 Å². The number of rotatable bonds is 3. The molecule has 0 spiro atoms. The summed E-state index contributed by atoms with van der Waals surface area (Å²) in [7, 11) is 0. The first-order valence-electron chi connectivity index (χ1n) is 6.98. The van der Waals surface area contributed by atoms with Gasteiger partial charge in [-0.1, -0.05) is 35.4 Å². The Kier molecular flexibility index (Phi) is 4.78. The van der Waals surface area contributed by atoms with E-state index in [0.717, 1.165) is 22.5 Å². The second kappa shape index (κ2) is 6.94. The van der Waals surface area contributed by atoms with Crippen molar-refractivity contribution in [3.05, 3.63) is 70.9 Å². The molecule has 0 radical (unpaired) electrons. The molecule has 0 amide bonds. The third-order valence-electron chi connectivity index (χ3n) is 3.37. The molecule has 2 rings (SSSR count). The molecule has 0 saturated carbocycles. The first kappa shape index (κ1) is 15.8. The van der Waals surface area contributed by atoms with Gasteiger partial charge >= 0.3 is 0 Å². The van der Waals surface area contributed by atoms with Crippen molar-refractivity contribution in [1.82, 2.24) is 0 Å². The summed E-state index contributed by atoms with van der Waals surface area (Å²) in [5.41, 5.74) is 3.41. The Morgan fingerprint density at radius 2 is 1.09 bits per heavy atom. The van der Waals surface area contributed by atoms with Gasteiger partial charge in [0.2, 0.25) is 0 Å². The highest BCUT2D eigenvalue weighted by atomic mass is 15.1. The standard InChI is InChI=1S/C19H14N4/c1-14-3-7-17(8-4-14)23(18-9-5-15(2)6-10-18)19(13-22)16(11-20)12-21/h3-10H,1-2H3. The van der Waals surface area contributed by atoms with Crippen LogP contribution in [0.3, 0.4) is 0 Å². The van der Waals surface area contributed by atoms with E-state index in [9.17, 15) is 5.26 Å². The molecule has 2 aromatic rings. The summed E-state index contributed by atoms with van der Waals surface area (Å²) in [4.78, 5) is 1.63. The molecule has 0 N–H and O–H groups in total. The molecule has 0 saturated heterocycles. The van der Waals surface area contributed by atoms with Gasteiger partial charge in [-0.05, 0) is 38.1 Å². The largest absolute Gasteiger partial charge is 0.300 e. The topological polar surface area (TPSA) is 74.6 Å². The van der Waals surface area contributed by atoms with Gasteiger partial charge in [0.15, 0.2) is 11.3 Å². The van der Waals surface area contributed by atoms with Crippen LogP contribution in [-0.4, -0.2) is 0 Å². The Bertz CT molecular complexity index is 793. The molecule has 23 heavy (non-hydrogen) atoms. The first-order valence-corrected chi connectivity index (χ1v) is 6.98. The summed E-state index contributed by atoms with van der Waals surface area (Å²) in [6, 6.07) is 20.7. The molecule has 0 aromatic heterocycles. The van der Waals surface area contributed by atoms with Crippen molar-refractivity contribution in [3.8, 4) is 18.2 Å². The van der Waals surface area contributed by atoms with Gasteiger partial charge in [0.25, 0.3) is 0 Å². The van der Waals surface area contributed by atoms with Crippen molar-refractivity contribution in [1.29, 1.82) is 15.8 Å². The van der Waals surface area contributed by atoms with Crippen molar-refractivity contribution >= 4 is 11.4 Å². The van der Waals surface area contributed by atoms with Gasteiger partial charge in [0, 0.05) is 11.4 Å². The average molecular weight is 298 g/mol. The Hall–Kier alpha value is -3.55. The molecule has 110 valence electrons. The van der Waals surface area contributed by atoms with Crippen molar-refractivity contribution in [2.75, 3.05) is 4.90 Å². The fraction of sp³-hybridized carbons (Fsp3) is 0.105. The summed E-state index contributed by atoms with van der Waals surface area (Å²) >= 11 is 0. The highest BCUT2D eigenvalue weighted by Crippen LogP contribution is 2.31. The molecular weight excluding hydrogens is 284 g/mol. The highest BCUT2D eigenvalue weighted by Gasteiger charge is 2.19. The third-order valence-corrected chi connectivity index (χ3v) is 3.37. The van der Waals surface area contributed by atoms with Crippen molar-refractivity contribution < 1.29 is 0 Å². The number of nitriles is 3. The van der Waals surface area contributed by atoms with Gasteiger partial charge in [0.05, 0.1) is 0 Å². The van der Waals surface area contributed by atoms with Gasteiger partial charge in [-0.2, -0.15) is 15.8 Å². The lowest BCUT2D eigenvalue weighted by Gasteiger charge is -2.24. The van der Waals surface area contributed by atoms with Crippen LogP contribution in [0.25, 0.3) is 0 Å². The lowest BCUT2D eigenvalue weighted by Crippen LogP contribution is -2.17. The number of anilines is 2. The second-order valence-electron chi connectivity index (χ2n) is 5.07. The van der Waals surface area contributed by atoms with E-state index >= 15 is 0 Å². The van der Waals surface area contributed by atoms with E-state index in [2.05, 4.69) is 0 Å². The minimum absolute atomic E-state index is 0.0164. The molecule has 0 unspecified atom stereocenters. The van der Waals surface area contributed by atoms with E-state index in [1.165, 1.54) is 0 Å². The second-order valence-corrected chi connectivity index (χ2v) is 5.07. The fourth-order valence-electron chi connectivity index (χ4n) is 2.14. The number of hydrogen-bond acceptors (Lipinski definition) is 4. The van der Waals surface area contributed by atoms with Crippen molar-refractivity contribution in [2.24, 2.45) is 0 Å². The number of aryl methyl sites for hydroxylation is 2. The third kappa shape index (κ3) is 3.38. The van der Waals surface area contributed by atoms with E-state index in [1.807, 2.05) is 68.4 Å². The molecule has 0 bridgehead atoms. The van der Waals surface area contributed by atoms with E-state index in [0.29, 0.717) is 0 Å². The summed E-state index contributed by atoms with van der Waals surface area (Å²) in [6.07, 6.45) is 0. The molecule has 4 nitrogen and oxygen atoms in total. The minimum atomic E-state index is -0.214. The number of allylic oxidation sites excluding steroid dienone is 2. The summed E-state index contributed by atoms with van der Waals surface area (Å²) in [5, 5.41) is 27.8. The summed E-state index contributed by atoms with van der Waals surface area (Å²) in [6.45, 7) is 3.94. The lowest BCUT2D eigenvalue weighted by molar-refractivity contribution is 1.18. The van der Waals surface area contributed by atoms with Crippen LogP contribution in [-0.2, 0) is 0 Å². The maximum atomic E-state index is 9.51. The number of benzene rings is 2. The fourth-order valence-corrected chi connectivity index (χ4v) is 2.14. The molecule has 0 fully saturated rings. The predicted molar refractivity (Wildman–Crippen MR) is 88.4 cm³/mol. The van der Waals surface area contributed by atoms with Gasteiger partial charge < -0.3 is 0 Å². The normalized spacial score (nSPS) is 9.17. The Morgan fingerprint density at radius 3 is 1.39 bits per heavy atom. The number of nitrogens with zero attached hydrogens (tertiary/aromatic N) is 4. The molecule has 0 aliphatic heterocycles. The minimum Gasteiger partial charge on any atom is -0.300 e. The predicted octanol–water partition coefficient (Wildman–Crippen LogP) is 4.27. The zero-order valence-electron chi connectivity index (χ0n) is 12.9. The zero-order chi connectivity index (χ0) is 16.8. The molecule has 4 heteroatoms. The Balaban J connectivity index is 2.70. The van der Waals surface area contributed by atoms with Gasteiger partial charge in [-0.3, -0.25) is 4.90 Å². The van der Waals surface area contributed by atoms with Crippen LogP contribution < -0.4 is 4.90 Å². The van der Waals surface area contributed by atoms with Crippen LogP contribution in [0, 0.1) is 47.8 Å². The smallest absolute Gasteiger partial charge is 0.164 e. The first-order chi connectivity index (χ1) is 11.1. The van der Waals surface area contributed by atoms with Crippen LogP contribution in [0.2, 0.25) is 0 Å². The number of hydrogen-bond donors (Lipinski definition) is 0. The zero-order valence-corrected chi connectivity index (χ0v) is 12.9. The molecule has 0 atom stereocenters. The van der Waals surface area contributed by atoms with Gasteiger partial charge in [0.1, 0.15) is 18.2 Å². The average Bonchev–Trinajstić information content (AvgIpc) is 2.57. The van der Waals surface area contributed by atoms with Gasteiger partial charge in [-0.15, -0.1) is 0 Å². The molecular formula is C19H14N4. The quantitative estimate of drug-likeness (QED) is 0.793. The maximum absolute atomic E-state index is 9.51. The van der Waals surface area contributed by atoms with E-state index < -0.39 is 0 Å². The van der Waals surface area contributed by atoms with E-state index in [1.54, 1.807) is 17.0 Å². The van der Waals surface area contributed by atoms with Crippen molar-refractivity contribution in [3.63, 3.8) is 0 Å².